The van der Waals surface area contributed by atoms with Crippen molar-refractivity contribution in [2.45, 2.75) is 31.7 Å². The van der Waals surface area contributed by atoms with Crippen LogP contribution in [-0.2, 0) is 0 Å². The van der Waals surface area contributed by atoms with Crippen LogP contribution in [0.25, 0.3) is 0 Å². The Morgan fingerprint density at radius 1 is 1.36 bits per heavy atom. The summed E-state index contributed by atoms with van der Waals surface area (Å²) in [5, 5.41) is 4.21. The van der Waals surface area contributed by atoms with Crippen molar-refractivity contribution in [2.75, 3.05) is 14.1 Å². The molecule has 1 rings (SSSR count). The van der Waals surface area contributed by atoms with Gasteiger partial charge in [0.05, 0.1) is 0 Å². The molecule has 0 radical (unpaired) electrons. The summed E-state index contributed by atoms with van der Waals surface area (Å²) in [6.07, 6.45) is 5.28. The third kappa shape index (κ3) is 2.66. The summed E-state index contributed by atoms with van der Waals surface area (Å²) in [6.45, 7) is 0. The Bertz CT molecular complexity index is 139. The molecule has 1 fully saturated rings. The first-order valence-corrected chi connectivity index (χ1v) is 4.59. The number of rotatable bonds is 1. The SMILES string of the molecule is CN(C)C(=S)NC1CCCC1. The molecular weight excluding hydrogens is 156 g/mol. The van der Waals surface area contributed by atoms with E-state index in [-0.39, 0.29) is 0 Å². The van der Waals surface area contributed by atoms with Crippen molar-refractivity contribution in [3.63, 3.8) is 0 Å². The average molecular weight is 172 g/mol. The molecule has 0 aromatic rings. The van der Waals surface area contributed by atoms with E-state index in [9.17, 15) is 0 Å². The lowest BCUT2D eigenvalue weighted by Crippen LogP contribution is -2.39. The largest absolute Gasteiger partial charge is 0.360 e. The van der Waals surface area contributed by atoms with Gasteiger partial charge in [0.1, 0.15) is 0 Å². The van der Waals surface area contributed by atoms with Crippen LogP contribution in [0.3, 0.4) is 0 Å². The maximum absolute atomic E-state index is 5.13. The molecule has 0 amide bonds. The zero-order valence-electron chi connectivity index (χ0n) is 7.26. The summed E-state index contributed by atoms with van der Waals surface area (Å²) in [5.41, 5.74) is 0. The number of hydrogen-bond donors (Lipinski definition) is 1. The highest BCUT2D eigenvalue weighted by atomic mass is 32.1. The number of nitrogens with zero attached hydrogens (tertiary/aromatic N) is 1. The average Bonchev–Trinajstić information content (AvgIpc) is 2.39. The number of hydrogen-bond acceptors (Lipinski definition) is 1. The fraction of sp³-hybridized carbons (Fsp3) is 0.875. The minimum Gasteiger partial charge on any atom is -0.360 e. The molecule has 11 heavy (non-hydrogen) atoms. The fourth-order valence-electron chi connectivity index (χ4n) is 1.37. The predicted octanol–water partition coefficient (Wildman–Crippen LogP) is 1.37. The molecule has 0 saturated heterocycles. The minimum atomic E-state index is 0.643. The number of nitrogens with one attached hydrogen (secondary N) is 1. The van der Waals surface area contributed by atoms with Gasteiger partial charge in [-0.3, -0.25) is 0 Å². The fourth-order valence-corrected chi connectivity index (χ4v) is 1.54. The molecule has 1 aliphatic carbocycles. The summed E-state index contributed by atoms with van der Waals surface area (Å²) in [6, 6.07) is 0.643. The highest BCUT2D eigenvalue weighted by Crippen LogP contribution is 2.17. The smallest absolute Gasteiger partial charge is 0.168 e. The molecule has 0 aromatic carbocycles. The molecule has 1 aliphatic rings. The Kier molecular flexibility index (Phi) is 3.12. The van der Waals surface area contributed by atoms with Crippen molar-refractivity contribution in [3.05, 3.63) is 0 Å². The quantitative estimate of drug-likeness (QED) is 0.601. The minimum absolute atomic E-state index is 0.643. The van der Waals surface area contributed by atoms with Crippen LogP contribution in [0.2, 0.25) is 0 Å². The molecule has 0 bridgehead atoms. The van der Waals surface area contributed by atoms with Crippen LogP contribution in [0.15, 0.2) is 0 Å². The van der Waals surface area contributed by atoms with Gasteiger partial charge in [-0.25, -0.2) is 0 Å². The first-order chi connectivity index (χ1) is 5.20. The lowest BCUT2D eigenvalue weighted by atomic mass is 10.3. The first kappa shape index (κ1) is 8.78. The molecule has 0 heterocycles. The molecule has 0 aliphatic heterocycles. The summed E-state index contributed by atoms with van der Waals surface area (Å²) >= 11 is 5.13. The molecule has 1 N–H and O–H groups in total. The zero-order chi connectivity index (χ0) is 8.27. The summed E-state index contributed by atoms with van der Waals surface area (Å²) in [5.74, 6) is 0. The lowest BCUT2D eigenvalue weighted by Gasteiger charge is -2.19. The van der Waals surface area contributed by atoms with Crippen LogP contribution in [0, 0.1) is 0 Å². The van der Waals surface area contributed by atoms with E-state index in [0.29, 0.717) is 6.04 Å². The topological polar surface area (TPSA) is 15.3 Å². The standard InChI is InChI=1S/C8H16N2S/c1-10(2)8(11)9-7-5-3-4-6-7/h7H,3-6H2,1-2H3,(H,9,11). The van der Waals surface area contributed by atoms with Gasteiger partial charge in [-0.1, -0.05) is 12.8 Å². The molecular formula is C8H16N2S. The molecule has 3 heteroatoms. The van der Waals surface area contributed by atoms with Gasteiger partial charge in [-0.15, -0.1) is 0 Å². The Morgan fingerprint density at radius 3 is 2.36 bits per heavy atom. The van der Waals surface area contributed by atoms with Crippen LogP contribution in [0.4, 0.5) is 0 Å². The summed E-state index contributed by atoms with van der Waals surface area (Å²) in [7, 11) is 3.95. The van der Waals surface area contributed by atoms with Crippen LogP contribution >= 0.6 is 12.2 Å². The van der Waals surface area contributed by atoms with Crippen molar-refractivity contribution in [3.8, 4) is 0 Å². The van der Waals surface area contributed by atoms with Gasteiger partial charge in [0.25, 0.3) is 0 Å². The second-order valence-corrected chi connectivity index (χ2v) is 3.71. The monoisotopic (exact) mass is 172 g/mol. The van der Waals surface area contributed by atoms with Crippen LogP contribution in [0.5, 0.6) is 0 Å². The van der Waals surface area contributed by atoms with Gasteiger partial charge < -0.3 is 10.2 Å². The van der Waals surface area contributed by atoms with Crippen LogP contribution in [0.1, 0.15) is 25.7 Å². The van der Waals surface area contributed by atoms with E-state index in [0.717, 1.165) is 5.11 Å². The van der Waals surface area contributed by atoms with E-state index < -0.39 is 0 Å². The van der Waals surface area contributed by atoms with Crippen LogP contribution in [-0.4, -0.2) is 30.1 Å². The third-order valence-electron chi connectivity index (χ3n) is 2.09. The lowest BCUT2D eigenvalue weighted by molar-refractivity contribution is 0.550. The Hall–Kier alpha value is -0.310. The highest BCUT2D eigenvalue weighted by Gasteiger charge is 2.15. The summed E-state index contributed by atoms with van der Waals surface area (Å²) < 4.78 is 0. The zero-order valence-corrected chi connectivity index (χ0v) is 8.08. The number of thiocarbonyl (C=S) groups is 1. The highest BCUT2D eigenvalue weighted by molar-refractivity contribution is 7.80. The van der Waals surface area contributed by atoms with Crippen molar-refractivity contribution in [1.82, 2.24) is 10.2 Å². The van der Waals surface area contributed by atoms with E-state index in [1.807, 2.05) is 19.0 Å². The van der Waals surface area contributed by atoms with Gasteiger partial charge in [0, 0.05) is 20.1 Å². The second kappa shape index (κ2) is 3.90. The molecule has 0 spiro atoms. The van der Waals surface area contributed by atoms with E-state index in [1.54, 1.807) is 0 Å². The second-order valence-electron chi connectivity index (χ2n) is 3.33. The molecule has 64 valence electrons. The Balaban J connectivity index is 2.24. The molecule has 0 atom stereocenters. The van der Waals surface area contributed by atoms with Gasteiger partial charge >= 0.3 is 0 Å². The molecule has 1 saturated carbocycles. The predicted molar refractivity (Wildman–Crippen MR) is 51.7 cm³/mol. The van der Waals surface area contributed by atoms with Gasteiger partial charge in [0.15, 0.2) is 5.11 Å². The maximum atomic E-state index is 5.13. The molecule has 0 aromatic heterocycles. The van der Waals surface area contributed by atoms with Crippen molar-refractivity contribution >= 4 is 17.3 Å². The molecule has 0 unspecified atom stereocenters. The third-order valence-corrected chi connectivity index (χ3v) is 2.57. The molecule has 2 nitrogen and oxygen atoms in total. The van der Waals surface area contributed by atoms with Gasteiger partial charge in [0.2, 0.25) is 0 Å². The van der Waals surface area contributed by atoms with E-state index in [4.69, 9.17) is 12.2 Å². The van der Waals surface area contributed by atoms with Gasteiger partial charge in [-0.2, -0.15) is 0 Å². The Morgan fingerprint density at radius 2 is 1.91 bits per heavy atom. The van der Waals surface area contributed by atoms with Crippen molar-refractivity contribution in [1.29, 1.82) is 0 Å². The van der Waals surface area contributed by atoms with Crippen molar-refractivity contribution < 1.29 is 0 Å². The van der Waals surface area contributed by atoms with E-state index in [2.05, 4.69) is 5.32 Å². The Labute approximate surface area is 74.0 Å². The van der Waals surface area contributed by atoms with Crippen LogP contribution < -0.4 is 5.32 Å². The van der Waals surface area contributed by atoms with Gasteiger partial charge in [-0.05, 0) is 25.1 Å². The van der Waals surface area contributed by atoms with E-state index >= 15 is 0 Å². The first-order valence-electron chi connectivity index (χ1n) is 4.18. The summed E-state index contributed by atoms with van der Waals surface area (Å²) in [4.78, 5) is 1.95. The normalized spacial score (nSPS) is 18.4. The van der Waals surface area contributed by atoms with Crippen molar-refractivity contribution in [2.24, 2.45) is 0 Å². The van der Waals surface area contributed by atoms with E-state index in [1.165, 1.54) is 25.7 Å². The maximum Gasteiger partial charge on any atom is 0.168 e.